The normalized spacial score (nSPS) is 27.9. The number of nitrogens with two attached hydrogens (primary N) is 1. The Labute approximate surface area is 118 Å². The van der Waals surface area contributed by atoms with Crippen LogP contribution in [0, 0.1) is 5.92 Å². The van der Waals surface area contributed by atoms with Crippen molar-refractivity contribution in [1.82, 2.24) is 15.0 Å². The Morgan fingerprint density at radius 1 is 1.35 bits per heavy atom. The van der Waals surface area contributed by atoms with E-state index >= 15 is 0 Å². The molecule has 0 bridgehead atoms. The van der Waals surface area contributed by atoms with E-state index in [9.17, 15) is 4.79 Å². The monoisotopic (exact) mass is 278 g/mol. The quantitative estimate of drug-likeness (QED) is 0.868. The molecule has 1 aromatic rings. The minimum atomic E-state index is 0.0529. The van der Waals surface area contributed by atoms with Gasteiger partial charge in [0.2, 0.25) is 5.91 Å². The van der Waals surface area contributed by atoms with Crippen molar-refractivity contribution in [2.75, 3.05) is 26.2 Å². The van der Waals surface area contributed by atoms with E-state index in [1.807, 2.05) is 11.0 Å². The number of aromatic nitrogens is 1. The smallest absolute Gasteiger partial charge is 0.227 e. The first-order valence-electron chi connectivity index (χ1n) is 7.40. The summed E-state index contributed by atoms with van der Waals surface area (Å²) in [6.07, 6.45) is 4.63. The van der Waals surface area contributed by atoms with Crippen LogP contribution in [-0.4, -0.2) is 53.1 Å². The topological polar surface area (TPSA) is 75.6 Å². The molecule has 1 saturated carbocycles. The fourth-order valence-corrected chi connectivity index (χ4v) is 3.20. The molecular weight excluding hydrogens is 256 g/mol. The van der Waals surface area contributed by atoms with Gasteiger partial charge in [0.15, 0.2) is 0 Å². The van der Waals surface area contributed by atoms with E-state index in [1.165, 1.54) is 0 Å². The van der Waals surface area contributed by atoms with Gasteiger partial charge in [0.1, 0.15) is 6.26 Å². The Balaban J connectivity index is 1.49. The maximum atomic E-state index is 12.4. The molecule has 20 heavy (non-hydrogen) atoms. The molecule has 2 aliphatic rings. The molecule has 2 N–H and O–H groups in total. The van der Waals surface area contributed by atoms with Crippen molar-refractivity contribution in [3.05, 3.63) is 18.0 Å². The van der Waals surface area contributed by atoms with Gasteiger partial charge in [-0.2, -0.15) is 0 Å². The van der Waals surface area contributed by atoms with E-state index in [1.54, 1.807) is 6.26 Å². The first-order valence-corrected chi connectivity index (χ1v) is 7.40. The third-order valence-corrected chi connectivity index (χ3v) is 4.45. The molecule has 1 amide bonds. The largest absolute Gasteiger partial charge is 0.364 e. The molecule has 3 rings (SSSR count). The van der Waals surface area contributed by atoms with Crippen LogP contribution in [0.2, 0.25) is 0 Å². The zero-order chi connectivity index (χ0) is 13.9. The average molecular weight is 278 g/mol. The van der Waals surface area contributed by atoms with Crippen LogP contribution in [0.5, 0.6) is 0 Å². The van der Waals surface area contributed by atoms with E-state index < -0.39 is 0 Å². The number of amides is 1. The first-order chi connectivity index (χ1) is 9.74. The van der Waals surface area contributed by atoms with Crippen molar-refractivity contribution in [2.45, 2.75) is 31.8 Å². The lowest BCUT2D eigenvalue weighted by Crippen LogP contribution is -2.51. The van der Waals surface area contributed by atoms with Gasteiger partial charge < -0.3 is 15.2 Å². The molecule has 1 saturated heterocycles. The second-order valence-electron chi connectivity index (χ2n) is 5.79. The molecule has 0 aromatic carbocycles. The second kappa shape index (κ2) is 5.93. The fourth-order valence-electron chi connectivity index (χ4n) is 3.20. The summed E-state index contributed by atoms with van der Waals surface area (Å²) < 4.78 is 4.84. The number of hydrogen-bond donors (Lipinski definition) is 1. The predicted molar refractivity (Wildman–Crippen MR) is 73.7 cm³/mol. The van der Waals surface area contributed by atoms with E-state index in [-0.39, 0.29) is 17.9 Å². The lowest BCUT2D eigenvalue weighted by atomic mass is 10.0. The van der Waals surface area contributed by atoms with Crippen molar-refractivity contribution in [1.29, 1.82) is 0 Å². The molecule has 0 spiro atoms. The minimum Gasteiger partial charge on any atom is -0.364 e. The van der Waals surface area contributed by atoms with E-state index in [0.717, 1.165) is 57.7 Å². The highest BCUT2D eigenvalue weighted by Gasteiger charge is 2.34. The van der Waals surface area contributed by atoms with Gasteiger partial charge in [-0.25, -0.2) is 0 Å². The minimum absolute atomic E-state index is 0.0529. The molecule has 110 valence electrons. The number of hydrogen-bond acceptors (Lipinski definition) is 5. The highest BCUT2D eigenvalue weighted by atomic mass is 16.5. The number of carbonyl (C=O) groups excluding carboxylic acids is 1. The highest BCUT2D eigenvalue weighted by Crippen LogP contribution is 2.26. The maximum Gasteiger partial charge on any atom is 0.227 e. The van der Waals surface area contributed by atoms with Gasteiger partial charge in [-0.1, -0.05) is 11.6 Å². The van der Waals surface area contributed by atoms with Crippen molar-refractivity contribution in [3.8, 4) is 0 Å². The Bertz CT molecular complexity index is 440. The molecule has 2 fully saturated rings. The predicted octanol–water partition coefficient (Wildman–Crippen LogP) is 0.446. The van der Waals surface area contributed by atoms with E-state index in [2.05, 4.69) is 10.1 Å². The van der Waals surface area contributed by atoms with E-state index in [4.69, 9.17) is 10.3 Å². The number of piperazine rings is 1. The maximum absolute atomic E-state index is 12.4. The third kappa shape index (κ3) is 2.86. The first kappa shape index (κ1) is 13.6. The Morgan fingerprint density at radius 2 is 2.15 bits per heavy atom. The Kier molecular flexibility index (Phi) is 4.03. The van der Waals surface area contributed by atoms with Crippen LogP contribution in [0.1, 0.15) is 25.0 Å². The Hall–Kier alpha value is -1.40. The van der Waals surface area contributed by atoms with Crippen LogP contribution < -0.4 is 5.73 Å². The third-order valence-electron chi connectivity index (χ3n) is 4.45. The summed E-state index contributed by atoms with van der Waals surface area (Å²) in [5.74, 6) is 0.313. The van der Waals surface area contributed by atoms with Crippen molar-refractivity contribution in [3.63, 3.8) is 0 Å². The highest BCUT2D eigenvalue weighted by molar-refractivity contribution is 5.80. The number of rotatable bonds is 3. The van der Waals surface area contributed by atoms with Gasteiger partial charge in [0, 0.05) is 44.8 Å². The molecular formula is C14H22N4O2. The molecule has 6 nitrogen and oxygen atoms in total. The summed E-state index contributed by atoms with van der Waals surface area (Å²) in [6, 6.07) is 1.95. The molecule has 1 aliphatic heterocycles. The molecule has 1 aromatic heterocycles. The molecule has 2 atom stereocenters. The summed E-state index contributed by atoms with van der Waals surface area (Å²) >= 11 is 0. The van der Waals surface area contributed by atoms with Crippen LogP contribution in [0.25, 0.3) is 0 Å². The summed E-state index contributed by atoms with van der Waals surface area (Å²) in [5.41, 5.74) is 6.97. The summed E-state index contributed by atoms with van der Waals surface area (Å²) in [6.45, 7) is 4.16. The standard InChI is InChI=1S/C14H22N4O2/c15-13-3-1-2-12(13)14(19)18-7-5-17(6-8-18)10-11-4-9-20-16-11/h4,9,12-13H,1-3,5-8,10,15H2/t12-,13-/m0/s1. The van der Waals surface area contributed by atoms with Crippen molar-refractivity contribution in [2.24, 2.45) is 11.7 Å². The van der Waals surface area contributed by atoms with Gasteiger partial charge in [-0.05, 0) is 12.8 Å². The van der Waals surface area contributed by atoms with Crippen LogP contribution in [0.4, 0.5) is 0 Å². The molecule has 0 unspecified atom stereocenters. The fraction of sp³-hybridized carbons (Fsp3) is 0.714. The molecule has 6 heteroatoms. The van der Waals surface area contributed by atoms with Gasteiger partial charge in [0.05, 0.1) is 11.6 Å². The lowest BCUT2D eigenvalue weighted by Gasteiger charge is -2.36. The number of carbonyl (C=O) groups is 1. The SMILES string of the molecule is N[C@H]1CCC[C@@H]1C(=O)N1CCN(Cc2ccon2)CC1. The molecule has 2 heterocycles. The van der Waals surface area contributed by atoms with Crippen molar-refractivity contribution >= 4 is 5.91 Å². The van der Waals surface area contributed by atoms with Gasteiger partial charge in [0.25, 0.3) is 0 Å². The second-order valence-corrected chi connectivity index (χ2v) is 5.79. The lowest BCUT2D eigenvalue weighted by molar-refractivity contribution is -0.137. The van der Waals surface area contributed by atoms with Crippen LogP contribution in [0.15, 0.2) is 16.9 Å². The summed E-state index contributed by atoms with van der Waals surface area (Å²) in [5, 5.41) is 3.92. The van der Waals surface area contributed by atoms with Gasteiger partial charge >= 0.3 is 0 Å². The Morgan fingerprint density at radius 3 is 2.75 bits per heavy atom. The van der Waals surface area contributed by atoms with E-state index in [0.29, 0.717) is 0 Å². The van der Waals surface area contributed by atoms with Gasteiger partial charge in [-0.3, -0.25) is 9.69 Å². The number of nitrogens with zero attached hydrogens (tertiary/aromatic N) is 3. The zero-order valence-corrected chi connectivity index (χ0v) is 11.7. The van der Waals surface area contributed by atoms with Crippen molar-refractivity contribution < 1.29 is 9.32 Å². The van der Waals surface area contributed by atoms with Gasteiger partial charge in [-0.15, -0.1) is 0 Å². The molecule has 1 aliphatic carbocycles. The van der Waals surface area contributed by atoms with Crippen LogP contribution >= 0.6 is 0 Å². The summed E-state index contributed by atoms with van der Waals surface area (Å²) in [4.78, 5) is 16.7. The van der Waals surface area contributed by atoms with Crippen LogP contribution in [0.3, 0.4) is 0 Å². The van der Waals surface area contributed by atoms with Crippen LogP contribution in [-0.2, 0) is 11.3 Å². The average Bonchev–Trinajstić information content (AvgIpc) is 3.10. The zero-order valence-electron chi connectivity index (χ0n) is 11.7. The summed E-state index contributed by atoms with van der Waals surface area (Å²) in [7, 11) is 0. The molecule has 0 radical (unpaired) electrons.